The first-order valence-corrected chi connectivity index (χ1v) is 10.9. The minimum Gasteiger partial charge on any atom is -0.462 e. The SMILES string of the molecule is CCOC(=O)c1c(NC(=O)Cc2ccc(Cl)cc2)sc(C(=O)Nc2ccccc2F)c1C. The minimum atomic E-state index is -0.659. The number of para-hydroxylation sites is 1. The van der Waals surface area contributed by atoms with Crippen molar-refractivity contribution < 1.29 is 23.5 Å². The summed E-state index contributed by atoms with van der Waals surface area (Å²) in [5.41, 5.74) is 1.18. The van der Waals surface area contributed by atoms with E-state index in [-0.39, 0.29) is 40.1 Å². The van der Waals surface area contributed by atoms with Crippen LogP contribution in [0.1, 0.15) is 38.1 Å². The predicted octanol–water partition coefficient (Wildman–Crippen LogP) is 5.46. The molecule has 2 amide bonds. The van der Waals surface area contributed by atoms with Crippen molar-refractivity contribution in [3.05, 3.63) is 80.9 Å². The van der Waals surface area contributed by atoms with Crippen molar-refractivity contribution in [2.24, 2.45) is 0 Å². The molecule has 0 saturated heterocycles. The van der Waals surface area contributed by atoms with Gasteiger partial charge in [-0.3, -0.25) is 9.59 Å². The number of ether oxygens (including phenoxy) is 1. The number of carbonyl (C=O) groups is 3. The van der Waals surface area contributed by atoms with Gasteiger partial charge >= 0.3 is 5.97 Å². The fourth-order valence-electron chi connectivity index (χ4n) is 2.97. The van der Waals surface area contributed by atoms with Crippen molar-refractivity contribution in [3.8, 4) is 0 Å². The molecule has 2 aromatic carbocycles. The van der Waals surface area contributed by atoms with Crippen LogP contribution in [0.4, 0.5) is 15.1 Å². The quantitative estimate of drug-likeness (QED) is 0.445. The van der Waals surface area contributed by atoms with Crippen LogP contribution in [0.3, 0.4) is 0 Å². The number of thiophene rings is 1. The van der Waals surface area contributed by atoms with Gasteiger partial charge in [0.1, 0.15) is 10.8 Å². The molecule has 2 N–H and O–H groups in total. The second kappa shape index (κ2) is 10.4. The second-order valence-electron chi connectivity index (χ2n) is 6.77. The van der Waals surface area contributed by atoms with Crippen molar-refractivity contribution in [2.45, 2.75) is 20.3 Å². The van der Waals surface area contributed by atoms with E-state index in [9.17, 15) is 18.8 Å². The van der Waals surface area contributed by atoms with Crippen molar-refractivity contribution >= 4 is 51.4 Å². The second-order valence-corrected chi connectivity index (χ2v) is 8.22. The lowest BCUT2D eigenvalue weighted by Crippen LogP contribution is -2.16. The number of benzene rings is 2. The number of nitrogens with one attached hydrogen (secondary N) is 2. The number of amides is 2. The highest BCUT2D eigenvalue weighted by Gasteiger charge is 2.27. The number of hydrogen-bond acceptors (Lipinski definition) is 5. The van der Waals surface area contributed by atoms with E-state index in [2.05, 4.69) is 10.6 Å². The van der Waals surface area contributed by atoms with Crippen LogP contribution in [0.15, 0.2) is 48.5 Å². The number of halogens is 2. The lowest BCUT2D eigenvalue weighted by Gasteiger charge is -2.07. The number of hydrogen-bond donors (Lipinski definition) is 2. The van der Waals surface area contributed by atoms with E-state index in [0.29, 0.717) is 10.6 Å². The molecular weight excluding hydrogens is 455 g/mol. The summed E-state index contributed by atoms with van der Waals surface area (Å²) in [6, 6.07) is 12.5. The van der Waals surface area contributed by atoms with Crippen LogP contribution in [-0.4, -0.2) is 24.4 Å². The third-order valence-electron chi connectivity index (χ3n) is 4.49. The molecule has 0 spiro atoms. The molecule has 32 heavy (non-hydrogen) atoms. The third-order valence-corrected chi connectivity index (χ3v) is 5.94. The highest BCUT2D eigenvalue weighted by atomic mass is 35.5. The average Bonchev–Trinajstić information content (AvgIpc) is 3.07. The zero-order valence-corrected chi connectivity index (χ0v) is 18.9. The lowest BCUT2D eigenvalue weighted by molar-refractivity contribution is -0.115. The molecule has 0 aliphatic rings. The van der Waals surface area contributed by atoms with Crippen molar-refractivity contribution in [1.29, 1.82) is 0 Å². The van der Waals surface area contributed by atoms with Gasteiger partial charge in [-0.15, -0.1) is 11.3 Å². The Hall–Kier alpha value is -3.23. The smallest absolute Gasteiger partial charge is 0.341 e. The summed E-state index contributed by atoms with van der Waals surface area (Å²) in [5.74, 6) is -2.22. The molecule has 0 fully saturated rings. The van der Waals surface area contributed by atoms with Crippen LogP contribution in [-0.2, 0) is 16.0 Å². The van der Waals surface area contributed by atoms with Crippen LogP contribution in [0, 0.1) is 12.7 Å². The van der Waals surface area contributed by atoms with E-state index < -0.39 is 17.7 Å². The first kappa shape index (κ1) is 23.4. The van der Waals surface area contributed by atoms with Gasteiger partial charge in [-0.1, -0.05) is 35.9 Å². The zero-order chi connectivity index (χ0) is 23.3. The largest absolute Gasteiger partial charge is 0.462 e. The molecule has 3 aromatic rings. The standard InChI is InChI=1S/C23H20ClFN2O4S/c1-3-31-23(30)19-13(2)20(21(29)26-17-7-5-4-6-16(17)25)32-22(19)27-18(28)12-14-8-10-15(24)11-9-14/h4-11H,3,12H2,1-2H3,(H,26,29)(H,27,28). The summed E-state index contributed by atoms with van der Waals surface area (Å²) >= 11 is 6.80. The van der Waals surface area contributed by atoms with Gasteiger partial charge in [0.05, 0.1) is 29.2 Å². The van der Waals surface area contributed by atoms with E-state index in [1.54, 1.807) is 44.2 Å². The zero-order valence-electron chi connectivity index (χ0n) is 17.3. The minimum absolute atomic E-state index is 0.0105. The van der Waals surface area contributed by atoms with Crippen LogP contribution in [0.2, 0.25) is 5.02 Å². The van der Waals surface area contributed by atoms with E-state index in [0.717, 1.165) is 16.9 Å². The first-order valence-electron chi connectivity index (χ1n) is 9.70. The van der Waals surface area contributed by atoms with Gasteiger partial charge in [-0.2, -0.15) is 0 Å². The topological polar surface area (TPSA) is 84.5 Å². The molecule has 0 radical (unpaired) electrons. The molecule has 0 saturated carbocycles. The van der Waals surface area contributed by atoms with E-state index in [4.69, 9.17) is 16.3 Å². The molecule has 0 unspecified atom stereocenters. The Morgan fingerprint density at radius 3 is 2.41 bits per heavy atom. The Balaban J connectivity index is 1.88. The fraction of sp³-hybridized carbons (Fsp3) is 0.174. The summed E-state index contributed by atoms with van der Waals surface area (Å²) in [4.78, 5) is 38.1. The molecule has 6 nitrogen and oxygen atoms in total. The van der Waals surface area contributed by atoms with Gasteiger partial charge in [-0.25, -0.2) is 9.18 Å². The van der Waals surface area contributed by atoms with Gasteiger partial charge in [0.2, 0.25) is 5.91 Å². The van der Waals surface area contributed by atoms with Crippen LogP contribution in [0.25, 0.3) is 0 Å². The number of carbonyl (C=O) groups excluding carboxylic acids is 3. The van der Waals surface area contributed by atoms with Gasteiger partial charge in [0.25, 0.3) is 5.91 Å². The maximum absolute atomic E-state index is 13.9. The highest BCUT2D eigenvalue weighted by molar-refractivity contribution is 7.18. The van der Waals surface area contributed by atoms with E-state index in [1.165, 1.54) is 18.2 Å². The average molecular weight is 475 g/mol. The maximum atomic E-state index is 13.9. The molecule has 1 heterocycles. The van der Waals surface area contributed by atoms with Crippen molar-refractivity contribution in [3.63, 3.8) is 0 Å². The summed E-state index contributed by atoms with van der Waals surface area (Å²) in [7, 11) is 0. The van der Waals surface area contributed by atoms with Crippen molar-refractivity contribution in [1.82, 2.24) is 0 Å². The third kappa shape index (κ3) is 5.52. The number of anilines is 2. The summed E-state index contributed by atoms with van der Waals surface area (Å²) in [6.45, 7) is 3.36. The summed E-state index contributed by atoms with van der Waals surface area (Å²) < 4.78 is 19.0. The Morgan fingerprint density at radius 1 is 1.06 bits per heavy atom. The summed E-state index contributed by atoms with van der Waals surface area (Å²) in [5, 5.41) is 5.94. The number of rotatable bonds is 7. The van der Waals surface area contributed by atoms with Crippen LogP contribution >= 0.6 is 22.9 Å². The van der Waals surface area contributed by atoms with Gasteiger partial charge in [-0.05, 0) is 49.2 Å². The Bertz CT molecular complexity index is 1160. The van der Waals surface area contributed by atoms with E-state index in [1.807, 2.05) is 0 Å². The Morgan fingerprint density at radius 2 is 1.75 bits per heavy atom. The monoisotopic (exact) mass is 474 g/mol. The molecule has 0 bridgehead atoms. The normalized spacial score (nSPS) is 10.5. The predicted molar refractivity (Wildman–Crippen MR) is 123 cm³/mol. The first-order chi connectivity index (χ1) is 15.3. The van der Waals surface area contributed by atoms with Crippen LogP contribution in [0.5, 0.6) is 0 Å². The Kier molecular flexibility index (Phi) is 7.61. The molecular formula is C23H20ClFN2O4S. The van der Waals surface area contributed by atoms with Crippen molar-refractivity contribution in [2.75, 3.05) is 17.2 Å². The molecule has 0 atom stereocenters. The molecule has 3 rings (SSSR count). The maximum Gasteiger partial charge on any atom is 0.341 e. The fourth-order valence-corrected chi connectivity index (χ4v) is 4.20. The molecule has 0 aliphatic carbocycles. The summed E-state index contributed by atoms with van der Waals surface area (Å²) in [6.07, 6.45) is 0.0487. The number of esters is 1. The van der Waals surface area contributed by atoms with E-state index >= 15 is 0 Å². The highest BCUT2D eigenvalue weighted by Crippen LogP contribution is 2.34. The van der Waals surface area contributed by atoms with Crippen LogP contribution < -0.4 is 10.6 Å². The van der Waals surface area contributed by atoms with Gasteiger partial charge in [0, 0.05) is 5.02 Å². The molecule has 0 aliphatic heterocycles. The molecule has 166 valence electrons. The van der Waals surface area contributed by atoms with Gasteiger partial charge < -0.3 is 15.4 Å². The van der Waals surface area contributed by atoms with Gasteiger partial charge in [0.15, 0.2) is 0 Å². The molecule has 9 heteroatoms. The lowest BCUT2D eigenvalue weighted by atomic mass is 10.1. The Labute approximate surface area is 193 Å². The molecule has 1 aromatic heterocycles.